The van der Waals surface area contributed by atoms with E-state index in [2.05, 4.69) is 10.3 Å². The van der Waals surface area contributed by atoms with Crippen LogP contribution in [0.25, 0.3) is 5.57 Å². The summed E-state index contributed by atoms with van der Waals surface area (Å²) >= 11 is 0. The Morgan fingerprint density at radius 2 is 1.83 bits per heavy atom. The first-order valence-corrected chi connectivity index (χ1v) is 5.75. The molecule has 1 heterocycles. The van der Waals surface area contributed by atoms with Crippen LogP contribution in [0.1, 0.15) is 12.5 Å². The maximum absolute atomic E-state index is 12.1. The number of anilines is 1. The molecule has 18 heavy (non-hydrogen) atoms. The van der Waals surface area contributed by atoms with Gasteiger partial charge in [0.25, 0.3) is 5.91 Å². The van der Waals surface area contributed by atoms with Crippen molar-refractivity contribution in [3.8, 4) is 0 Å². The monoisotopic (exact) mass is 238 g/mol. The summed E-state index contributed by atoms with van der Waals surface area (Å²) in [6.07, 6.45) is 3.45. The minimum Gasteiger partial charge on any atom is -0.307 e. The van der Waals surface area contributed by atoms with Crippen LogP contribution in [-0.4, -0.2) is 10.9 Å². The maximum Gasteiger partial charge on any atom is 0.257 e. The van der Waals surface area contributed by atoms with E-state index in [1.54, 1.807) is 18.3 Å². The summed E-state index contributed by atoms with van der Waals surface area (Å²) < 4.78 is 0. The molecule has 3 nitrogen and oxygen atoms in total. The van der Waals surface area contributed by atoms with Crippen LogP contribution in [0.15, 0.2) is 60.8 Å². The second-order valence-corrected chi connectivity index (χ2v) is 3.74. The van der Waals surface area contributed by atoms with Crippen molar-refractivity contribution >= 4 is 17.3 Å². The van der Waals surface area contributed by atoms with Crippen LogP contribution < -0.4 is 5.32 Å². The molecule has 1 aromatic carbocycles. The van der Waals surface area contributed by atoms with Gasteiger partial charge in [-0.2, -0.15) is 0 Å². The molecule has 0 aliphatic heterocycles. The zero-order valence-electron chi connectivity index (χ0n) is 10.1. The largest absolute Gasteiger partial charge is 0.307 e. The fraction of sp³-hybridized carbons (Fsp3) is 0.0667. The highest BCUT2D eigenvalue weighted by Crippen LogP contribution is 2.15. The van der Waals surface area contributed by atoms with Gasteiger partial charge in [-0.15, -0.1) is 0 Å². The standard InChI is InChI=1S/C15H14N2O/c1-2-13(12-8-4-3-5-9-12)15(18)17-14-10-6-7-11-16-14/h2-11H,1H3,(H,16,17,18). The number of aromatic nitrogens is 1. The zero-order chi connectivity index (χ0) is 12.8. The van der Waals surface area contributed by atoms with E-state index < -0.39 is 0 Å². The number of carbonyl (C=O) groups is 1. The first-order valence-electron chi connectivity index (χ1n) is 5.75. The summed E-state index contributed by atoms with van der Waals surface area (Å²) in [6, 6.07) is 15.0. The summed E-state index contributed by atoms with van der Waals surface area (Å²) in [7, 11) is 0. The maximum atomic E-state index is 12.1. The van der Waals surface area contributed by atoms with Gasteiger partial charge in [-0.3, -0.25) is 4.79 Å². The van der Waals surface area contributed by atoms with E-state index in [9.17, 15) is 4.79 Å². The van der Waals surface area contributed by atoms with Crippen LogP contribution in [0.3, 0.4) is 0 Å². The molecule has 0 aliphatic rings. The lowest BCUT2D eigenvalue weighted by Gasteiger charge is -2.07. The average Bonchev–Trinajstić information content (AvgIpc) is 2.42. The van der Waals surface area contributed by atoms with Gasteiger partial charge in [-0.25, -0.2) is 4.98 Å². The Bertz CT molecular complexity index is 547. The Hall–Kier alpha value is -2.42. The fourth-order valence-corrected chi connectivity index (χ4v) is 1.67. The first kappa shape index (κ1) is 12.0. The summed E-state index contributed by atoms with van der Waals surface area (Å²) in [5.41, 5.74) is 1.54. The predicted octanol–water partition coefficient (Wildman–Crippen LogP) is 3.12. The number of carbonyl (C=O) groups excluding carboxylic acids is 1. The third-order valence-electron chi connectivity index (χ3n) is 2.52. The SMILES string of the molecule is CC=C(C(=O)Nc1ccccn1)c1ccccc1. The normalized spacial score (nSPS) is 11.1. The molecule has 0 atom stereocenters. The number of amides is 1. The van der Waals surface area contributed by atoms with Crippen molar-refractivity contribution in [1.29, 1.82) is 0 Å². The highest BCUT2D eigenvalue weighted by molar-refractivity contribution is 6.24. The lowest BCUT2D eigenvalue weighted by Crippen LogP contribution is -2.14. The third-order valence-corrected chi connectivity index (χ3v) is 2.52. The van der Waals surface area contributed by atoms with Crippen molar-refractivity contribution in [3.05, 3.63) is 66.4 Å². The van der Waals surface area contributed by atoms with E-state index >= 15 is 0 Å². The van der Waals surface area contributed by atoms with Crippen LogP contribution in [0, 0.1) is 0 Å². The predicted molar refractivity (Wildman–Crippen MR) is 73.0 cm³/mol. The Labute approximate surface area is 106 Å². The second kappa shape index (κ2) is 5.77. The van der Waals surface area contributed by atoms with E-state index in [1.165, 1.54) is 0 Å². The van der Waals surface area contributed by atoms with Gasteiger partial charge in [0.1, 0.15) is 5.82 Å². The molecule has 1 aromatic heterocycles. The van der Waals surface area contributed by atoms with Gasteiger partial charge in [-0.1, -0.05) is 42.5 Å². The summed E-state index contributed by atoms with van der Waals surface area (Å²) in [5, 5.41) is 2.77. The van der Waals surface area contributed by atoms with Crippen molar-refractivity contribution in [2.45, 2.75) is 6.92 Å². The van der Waals surface area contributed by atoms with Crippen molar-refractivity contribution in [3.63, 3.8) is 0 Å². The van der Waals surface area contributed by atoms with Crippen molar-refractivity contribution in [2.24, 2.45) is 0 Å². The van der Waals surface area contributed by atoms with E-state index in [0.29, 0.717) is 11.4 Å². The van der Waals surface area contributed by atoms with Gasteiger partial charge in [0.2, 0.25) is 0 Å². The lowest BCUT2D eigenvalue weighted by atomic mass is 10.1. The molecule has 0 spiro atoms. The molecule has 2 rings (SSSR count). The Morgan fingerprint density at radius 3 is 2.44 bits per heavy atom. The van der Waals surface area contributed by atoms with Gasteiger partial charge in [0.05, 0.1) is 0 Å². The number of allylic oxidation sites excluding steroid dienone is 1. The number of hydrogen-bond donors (Lipinski definition) is 1. The quantitative estimate of drug-likeness (QED) is 0.835. The molecule has 2 aromatic rings. The third kappa shape index (κ3) is 2.83. The Morgan fingerprint density at radius 1 is 1.11 bits per heavy atom. The summed E-state index contributed by atoms with van der Waals surface area (Å²) in [5.74, 6) is 0.403. The molecule has 0 radical (unpaired) electrons. The van der Waals surface area contributed by atoms with Crippen LogP contribution in [-0.2, 0) is 4.79 Å². The molecule has 0 fully saturated rings. The highest BCUT2D eigenvalue weighted by atomic mass is 16.1. The highest BCUT2D eigenvalue weighted by Gasteiger charge is 2.10. The Kier molecular flexibility index (Phi) is 3.86. The molecular weight excluding hydrogens is 224 g/mol. The minimum absolute atomic E-state index is 0.151. The number of rotatable bonds is 3. The van der Waals surface area contributed by atoms with Gasteiger partial charge >= 0.3 is 0 Å². The van der Waals surface area contributed by atoms with Crippen molar-refractivity contribution < 1.29 is 4.79 Å². The van der Waals surface area contributed by atoms with Gasteiger partial charge < -0.3 is 5.32 Å². The van der Waals surface area contributed by atoms with Gasteiger partial charge in [0, 0.05) is 11.8 Å². The van der Waals surface area contributed by atoms with E-state index in [0.717, 1.165) is 5.56 Å². The smallest absolute Gasteiger partial charge is 0.257 e. The van der Waals surface area contributed by atoms with Crippen molar-refractivity contribution in [1.82, 2.24) is 4.98 Å². The van der Waals surface area contributed by atoms with E-state index in [1.807, 2.05) is 49.4 Å². The molecule has 0 aliphatic carbocycles. The molecule has 3 heteroatoms. The summed E-state index contributed by atoms with van der Waals surface area (Å²) in [6.45, 7) is 1.85. The Balaban J connectivity index is 2.18. The minimum atomic E-state index is -0.151. The molecular formula is C15H14N2O. The molecule has 0 saturated heterocycles. The average molecular weight is 238 g/mol. The zero-order valence-corrected chi connectivity index (χ0v) is 10.1. The van der Waals surface area contributed by atoms with E-state index in [4.69, 9.17) is 0 Å². The van der Waals surface area contributed by atoms with Crippen LogP contribution in [0.5, 0.6) is 0 Å². The van der Waals surface area contributed by atoms with Gasteiger partial charge in [0.15, 0.2) is 0 Å². The number of benzene rings is 1. The number of hydrogen-bond acceptors (Lipinski definition) is 2. The first-order chi connectivity index (χ1) is 8.81. The van der Waals surface area contributed by atoms with Crippen LogP contribution in [0.4, 0.5) is 5.82 Å². The van der Waals surface area contributed by atoms with E-state index in [-0.39, 0.29) is 5.91 Å². The molecule has 0 saturated carbocycles. The molecule has 1 amide bonds. The molecule has 1 N–H and O–H groups in total. The number of pyridine rings is 1. The topological polar surface area (TPSA) is 42.0 Å². The van der Waals surface area contributed by atoms with Crippen LogP contribution >= 0.6 is 0 Å². The number of nitrogens with zero attached hydrogens (tertiary/aromatic N) is 1. The number of nitrogens with one attached hydrogen (secondary N) is 1. The second-order valence-electron chi connectivity index (χ2n) is 3.74. The summed E-state index contributed by atoms with van der Waals surface area (Å²) in [4.78, 5) is 16.2. The fourth-order valence-electron chi connectivity index (χ4n) is 1.67. The van der Waals surface area contributed by atoms with Gasteiger partial charge in [-0.05, 0) is 24.6 Å². The molecule has 0 bridgehead atoms. The van der Waals surface area contributed by atoms with Crippen LogP contribution in [0.2, 0.25) is 0 Å². The lowest BCUT2D eigenvalue weighted by molar-refractivity contribution is -0.111. The molecule has 90 valence electrons. The molecule has 0 unspecified atom stereocenters. The van der Waals surface area contributed by atoms with Crippen molar-refractivity contribution in [2.75, 3.05) is 5.32 Å².